The second-order valence-electron chi connectivity index (χ2n) is 7.99. The summed E-state index contributed by atoms with van der Waals surface area (Å²) in [5.74, 6) is 1.38. The number of benzene rings is 1. The van der Waals surface area contributed by atoms with Crippen LogP contribution in [0.2, 0.25) is 0 Å². The molecule has 0 saturated heterocycles. The Bertz CT molecular complexity index is 791. The third kappa shape index (κ3) is 3.35. The van der Waals surface area contributed by atoms with E-state index < -0.39 is 0 Å². The van der Waals surface area contributed by atoms with Crippen LogP contribution in [0.5, 0.6) is 5.75 Å². The zero-order chi connectivity index (χ0) is 19.0. The number of rotatable bonds is 5. The van der Waals surface area contributed by atoms with E-state index in [1.165, 1.54) is 6.42 Å². The minimum absolute atomic E-state index is 0.209. The lowest BCUT2D eigenvalue weighted by atomic mass is 9.90. The van der Waals surface area contributed by atoms with Gasteiger partial charge < -0.3 is 15.4 Å². The van der Waals surface area contributed by atoms with Gasteiger partial charge in [-0.25, -0.2) is 0 Å². The van der Waals surface area contributed by atoms with Crippen molar-refractivity contribution >= 4 is 23.4 Å². The monoisotopic (exact) mass is 367 g/mol. The maximum absolute atomic E-state index is 12.9. The Labute approximate surface area is 161 Å². The van der Waals surface area contributed by atoms with Gasteiger partial charge in [0, 0.05) is 48.1 Å². The van der Waals surface area contributed by atoms with Crippen LogP contribution in [0, 0.1) is 5.92 Å². The first-order valence-electron chi connectivity index (χ1n) is 10.1. The van der Waals surface area contributed by atoms with Crippen LogP contribution < -0.4 is 15.4 Å². The average molecular weight is 367 g/mol. The molecule has 3 aliphatic rings. The van der Waals surface area contributed by atoms with Crippen molar-refractivity contribution in [2.24, 2.45) is 16.6 Å². The predicted molar refractivity (Wildman–Crippen MR) is 109 cm³/mol. The number of carbonyl (C=O) groups is 1. The van der Waals surface area contributed by atoms with E-state index >= 15 is 0 Å². The van der Waals surface area contributed by atoms with Crippen molar-refractivity contribution in [2.75, 3.05) is 11.9 Å². The molecule has 5 heteroatoms. The van der Waals surface area contributed by atoms with Gasteiger partial charge in [-0.2, -0.15) is 0 Å². The smallest absolute Gasteiger partial charge is 0.230 e. The van der Waals surface area contributed by atoms with Crippen LogP contribution in [-0.4, -0.2) is 31.3 Å². The number of nitrogens with two attached hydrogens (primary N) is 1. The molecule has 0 unspecified atom stereocenters. The second kappa shape index (κ2) is 7.37. The average Bonchev–Trinajstić information content (AvgIpc) is 3.47. The molecule has 1 aromatic rings. The van der Waals surface area contributed by atoms with Crippen LogP contribution in [0.25, 0.3) is 5.57 Å². The number of carbonyl (C=O) groups excluding carboxylic acids is 1. The SMILES string of the molecule is CN=CC(=CN)c1ccc2c(c1OC1CCC1)CC[C@H](C)N2C(=O)C1CC1. The minimum atomic E-state index is 0.209. The molecule has 5 nitrogen and oxygen atoms in total. The second-order valence-corrected chi connectivity index (χ2v) is 7.99. The molecule has 2 N–H and O–H groups in total. The molecule has 27 heavy (non-hydrogen) atoms. The summed E-state index contributed by atoms with van der Waals surface area (Å²) in [6.07, 6.45) is 10.9. The molecule has 0 radical (unpaired) electrons. The molecular formula is C22H29N3O2. The van der Waals surface area contributed by atoms with Crippen molar-refractivity contribution in [1.82, 2.24) is 0 Å². The maximum atomic E-state index is 12.9. The molecule has 1 aliphatic heterocycles. The number of aliphatic imine (C=N–C) groups is 1. The van der Waals surface area contributed by atoms with Gasteiger partial charge in [-0.3, -0.25) is 9.79 Å². The predicted octanol–water partition coefficient (Wildman–Crippen LogP) is 3.70. The summed E-state index contributed by atoms with van der Waals surface area (Å²) >= 11 is 0. The van der Waals surface area contributed by atoms with Crippen LogP contribution in [0.3, 0.4) is 0 Å². The Hall–Kier alpha value is -2.30. The van der Waals surface area contributed by atoms with Crippen LogP contribution in [0.15, 0.2) is 23.3 Å². The first-order valence-corrected chi connectivity index (χ1v) is 10.1. The molecule has 0 aromatic heterocycles. The minimum Gasteiger partial charge on any atom is -0.489 e. The number of anilines is 1. The molecule has 2 fully saturated rings. The maximum Gasteiger partial charge on any atom is 0.230 e. The molecule has 4 rings (SSSR count). The van der Waals surface area contributed by atoms with Gasteiger partial charge in [0.2, 0.25) is 5.91 Å². The first kappa shape index (κ1) is 18.1. The van der Waals surface area contributed by atoms with Crippen molar-refractivity contribution in [1.29, 1.82) is 0 Å². The van der Waals surface area contributed by atoms with E-state index in [1.807, 2.05) is 11.0 Å². The quantitative estimate of drug-likeness (QED) is 0.807. The summed E-state index contributed by atoms with van der Waals surface area (Å²) in [5, 5.41) is 0. The third-order valence-corrected chi connectivity index (χ3v) is 6.01. The van der Waals surface area contributed by atoms with Gasteiger partial charge in [0.1, 0.15) is 5.75 Å². The number of ether oxygens (including phenoxy) is 1. The fourth-order valence-electron chi connectivity index (χ4n) is 4.03. The van der Waals surface area contributed by atoms with E-state index in [1.54, 1.807) is 19.5 Å². The van der Waals surface area contributed by atoms with E-state index in [-0.39, 0.29) is 24.0 Å². The zero-order valence-electron chi connectivity index (χ0n) is 16.3. The fourth-order valence-corrected chi connectivity index (χ4v) is 4.03. The highest BCUT2D eigenvalue weighted by Gasteiger charge is 2.39. The Morgan fingerprint density at radius 3 is 2.63 bits per heavy atom. The van der Waals surface area contributed by atoms with E-state index in [2.05, 4.69) is 18.0 Å². The highest BCUT2D eigenvalue weighted by atomic mass is 16.5. The van der Waals surface area contributed by atoms with Gasteiger partial charge in [-0.15, -0.1) is 0 Å². The lowest BCUT2D eigenvalue weighted by Crippen LogP contribution is -2.43. The summed E-state index contributed by atoms with van der Waals surface area (Å²) in [4.78, 5) is 19.1. The number of fused-ring (bicyclic) bond motifs is 1. The molecule has 1 aromatic carbocycles. The zero-order valence-corrected chi connectivity index (χ0v) is 16.3. The van der Waals surface area contributed by atoms with Crippen LogP contribution >= 0.6 is 0 Å². The third-order valence-electron chi connectivity index (χ3n) is 6.01. The van der Waals surface area contributed by atoms with E-state index in [0.717, 1.165) is 66.7 Å². The van der Waals surface area contributed by atoms with E-state index in [9.17, 15) is 4.79 Å². The standard InChI is InChI=1S/C22H29N3O2/c1-14-6-9-19-20(25(14)22(26)15-7-8-15)11-10-18(16(12-23)13-24-2)21(19)27-17-4-3-5-17/h10-15,17H,3-9,23H2,1-2H3/t14-/m0/s1. The normalized spacial score (nSPS) is 23.3. The topological polar surface area (TPSA) is 67.9 Å². The summed E-state index contributed by atoms with van der Waals surface area (Å²) in [6.45, 7) is 2.15. The Morgan fingerprint density at radius 2 is 2.04 bits per heavy atom. The van der Waals surface area contributed by atoms with Gasteiger partial charge in [0.25, 0.3) is 0 Å². The van der Waals surface area contributed by atoms with Crippen molar-refractivity contribution in [3.8, 4) is 5.75 Å². The molecule has 2 saturated carbocycles. The first-order chi connectivity index (χ1) is 13.1. The molecule has 1 heterocycles. The van der Waals surface area contributed by atoms with Gasteiger partial charge in [0.15, 0.2) is 0 Å². The molecular weight excluding hydrogens is 338 g/mol. The number of hydrogen-bond acceptors (Lipinski definition) is 4. The van der Waals surface area contributed by atoms with Gasteiger partial charge in [0.05, 0.1) is 11.8 Å². The van der Waals surface area contributed by atoms with E-state index in [4.69, 9.17) is 10.5 Å². The van der Waals surface area contributed by atoms with Crippen LogP contribution in [0.1, 0.15) is 56.6 Å². The lowest BCUT2D eigenvalue weighted by molar-refractivity contribution is -0.120. The van der Waals surface area contributed by atoms with Gasteiger partial charge in [-0.1, -0.05) is 0 Å². The number of allylic oxidation sites excluding steroid dienone is 1. The number of nitrogens with zero attached hydrogens (tertiary/aromatic N) is 2. The van der Waals surface area contributed by atoms with Crippen LogP contribution in [-0.2, 0) is 11.2 Å². The molecule has 1 atom stereocenters. The Morgan fingerprint density at radius 1 is 1.26 bits per heavy atom. The molecule has 1 amide bonds. The van der Waals surface area contributed by atoms with Crippen molar-refractivity contribution < 1.29 is 9.53 Å². The van der Waals surface area contributed by atoms with Gasteiger partial charge >= 0.3 is 0 Å². The van der Waals surface area contributed by atoms with Crippen molar-refractivity contribution in [2.45, 2.75) is 64.0 Å². The molecule has 144 valence electrons. The molecule has 2 aliphatic carbocycles. The van der Waals surface area contributed by atoms with Gasteiger partial charge in [-0.05, 0) is 64.0 Å². The van der Waals surface area contributed by atoms with E-state index in [0.29, 0.717) is 0 Å². The Balaban J connectivity index is 1.80. The largest absolute Gasteiger partial charge is 0.489 e. The molecule has 0 bridgehead atoms. The summed E-state index contributed by atoms with van der Waals surface area (Å²) in [7, 11) is 1.74. The highest BCUT2D eigenvalue weighted by Crippen LogP contribution is 2.44. The van der Waals surface area contributed by atoms with Crippen LogP contribution in [0.4, 0.5) is 5.69 Å². The highest BCUT2D eigenvalue weighted by molar-refractivity contribution is 6.11. The Kier molecular flexibility index (Phi) is 4.94. The van der Waals surface area contributed by atoms with Crippen molar-refractivity contribution in [3.05, 3.63) is 29.5 Å². The summed E-state index contributed by atoms with van der Waals surface area (Å²) in [5.41, 5.74) is 9.88. The summed E-state index contributed by atoms with van der Waals surface area (Å²) < 4.78 is 6.45. The lowest BCUT2D eigenvalue weighted by Gasteiger charge is -2.38. The number of amides is 1. The summed E-state index contributed by atoms with van der Waals surface area (Å²) in [6, 6.07) is 4.34. The fraction of sp³-hybridized carbons (Fsp3) is 0.545. The molecule has 0 spiro atoms. The number of hydrogen-bond donors (Lipinski definition) is 1. The van der Waals surface area contributed by atoms with Crippen molar-refractivity contribution in [3.63, 3.8) is 0 Å².